The molecule has 0 bridgehead atoms. The fraction of sp³-hybridized carbons (Fsp3) is 0.750. The zero-order chi connectivity index (χ0) is 7.72. The highest BCUT2D eigenvalue weighted by Crippen LogP contribution is 2.27. The van der Waals surface area contributed by atoms with Crippen LogP contribution in [0.1, 0.15) is 26.7 Å². The normalized spacial score (nSPS) is 32.8. The minimum Gasteiger partial charge on any atom is -0.300 e. The minimum absolute atomic E-state index is 0.0301. The van der Waals surface area contributed by atoms with Gasteiger partial charge in [0.05, 0.1) is 0 Å². The van der Waals surface area contributed by atoms with Gasteiger partial charge in [0.15, 0.2) is 0 Å². The van der Waals surface area contributed by atoms with Gasteiger partial charge >= 0.3 is 0 Å². The molecule has 0 heterocycles. The van der Waals surface area contributed by atoms with Gasteiger partial charge in [0.25, 0.3) is 0 Å². The second kappa shape index (κ2) is 2.52. The highest BCUT2D eigenvalue weighted by molar-refractivity contribution is 5.91. The quantitative estimate of drug-likeness (QED) is 0.548. The van der Waals surface area contributed by atoms with E-state index in [4.69, 9.17) is 0 Å². The Balaban J connectivity index is 2.57. The Bertz CT molecular complexity index is 172. The fourth-order valence-electron chi connectivity index (χ4n) is 1.40. The van der Waals surface area contributed by atoms with Crippen LogP contribution in [0.25, 0.3) is 0 Å². The molecule has 2 nitrogen and oxygen atoms in total. The second-order valence-corrected chi connectivity index (χ2v) is 3.11. The van der Waals surface area contributed by atoms with Gasteiger partial charge in [-0.1, -0.05) is 6.92 Å². The monoisotopic (exact) mass is 140 g/mol. The number of hydrogen-bond acceptors (Lipinski definition) is 2. The Morgan fingerprint density at radius 3 is 2.40 bits per heavy atom. The zero-order valence-corrected chi connectivity index (χ0v) is 6.39. The van der Waals surface area contributed by atoms with Crippen molar-refractivity contribution in [3.63, 3.8) is 0 Å². The molecule has 56 valence electrons. The average Bonchev–Trinajstić information content (AvgIpc) is 2.13. The number of carbonyl (C=O) groups is 2. The number of carbonyl (C=O) groups excluding carboxylic acids is 2. The summed E-state index contributed by atoms with van der Waals surface area (Å²) < 4.78 is 0. The first-order valence-electron chi connectivity index (χ1n) is 3.64. The highest BCUT2D eigenvalue weighted by atomic mass is 16.1. The van der Waals surface area contributed by atoms with Crippen LogP contribution >= 0.6 is 0 Å². The molecular weight excluding hydrogens is 128 g/mol. The van der Waals surface area contributed by atoms with E-state index in [2.05, 4.69) is 0 Å². The molecule has 1 aliphatic carbocycles. The van der Waals surface area contributed by atoms with Crippen LogP contribution in [0.3, 0.4) is 0 Å². The van der Waals surface area contributed by atoms with Gasteiger partial charge in [0.1, 0.15) is 11.6 Å². The van der Waals surface area contributed by atoms with Crippen molar-refractivity contribution in [1.29, 1.82) is 0 Å². The molecule has 1 fully saturated rings. The lowest BCUT2D eigenvalue weighted by atomic mass is 10.0. The lowest BCUT2D eigenvalue weighted by Gasteiger charge is -2.00. The van der Waals surface area contributed by atoms with E-state index in [1.54, 1.807) is 6.92 Å². The summed E-state index contributed by atoms with van der Waals surface area (Å²) in [7, 11) is 0. The standard InChI is InChI=1S/C8H12O2/c1-5-3-7(6(2)9)4-8(5)10/h5,7H,3-4H2,1-2H3. The average molecular weight is 140 g/mol. The van der Waals surface area contributed by atoms with Crippen molar-refractivity contribution in [3.05, 3.63) is 0 Å². The molecule has 0 aliphatic heterocycles. The summed E-state index contributed by atoms with van der Waals surface area (Å²) in [5.74, 6) is 0.564. The van der Waals surface area contributed by atoms with E-state index in [1.807, 2.05) is 6.92 Å². The molecule has 1 rings (SSSR count). The van der Waals surface area contributed by atoms with Crippen LogP contribution in [-0.4, -0.2) is 11.6 Å². The molecule has 2 heteroatoms. The SMILES string of the molecule is CC(=O)C1CC(=O)C(C)C1. The van der Waals surface area contributed by atoms with E-state index < -0.39 is 0 Å². The van der Waals surface area contributed by atoms with E-state index in [-0.39, 0.29) is 23.4 Å². The van der Waals surface area contributed by atoms with Crippen molar-refractivity contribution in [2.45, 2.75) is 26.7 Å². The molecule has 1 saturated carbocycles. The lowest BCUT2D eigenvalue weighted by molar-refractivity contribution is -0.123. The van der Waals surface area contributed by atoms with Crippen molar-refractivity contribution >= 4 is 11.6 Å². The van der Waals surface area contributed by atoms with Crippen LogP contribution in [0.2, 0.25) is 0 Å². The Kier molecular flexibility index (Phi) is 1.88. The van der Waals surface area contributed by atoms with Crippen LogP contribution < -0.4 is 0 Å². The fourth-order valence-corrected chi connectivity index (χ4v) is 1.40. The highest BCUT2D eigenvalue weighted by Gasteiger charge is 2.31. The Labute approximate surface area is 60.6 Å². The molecular formula is C8H12O2. The van der Waals surface area contributed by atoms with Crippen molar-refractivity contribution in [3.8, 4) is 0 Å². The maximum absolute atomic E-state index is 10.9. The maximum atomic E-state index is 10.9. The van der Waals surface area contributed by atoms with Crippen molar-refractivity contribution in [1.82, 2.24) is 0 Å². The van der Waals surface area contributed by atoms with Crippen LogP contribution in [0.15, 0.2) is 0 Å². The third kappa shape index (κ3) is 1.25. The smallest absolute Gasteiger partial charge is 0.136 e. The molecule has 0 aromatic heterocycles. The predicted molar refractivity (Wildman–Crippen MR) is 37.6 cm³/mol. The minimum atomic E-state index is 0.0301. The van der Waals surface area contributed by atoms with Gasteiger partial charge in [-0.15, -0.1) is 0 Å². The predicted octanol–water partition coefficient (Wildman–Crippen LogP) is 1.19. The Hall–Kier alpha value is -0.660. The van der Waals surface area contributed by atoms with Crippen LogP contribution in [-0.2, 0) is 9.59 Å². The third-order valence-electron chi connectivity index (χ3n) is 2.21. The summed E-state index contributed by atoms with van der Waals surface area (Å²) in [5, 5.41) is 0. The van der Waals surface area contributed by atoms with Crippen molar-refractivity contribution in [2.75, 3.05) is 0 Å². The topological polar surface area (TPSA) is 34.1 Å². The van der Waals surface area contributed by atoms with Gasteiger partial charge in [0, 0.05) is 18.3 Å². The van der Waals surface area contributed by atoms with E-state index in [1.165, 1.54) is 0 Å². The molecule has 0 radical (unpaired) electrons. The number of Topliss-reactive ketones (excluding diaryl/α,β-unsaturated/α-hetero) is 2. The van der Waals surface area contributed by atoms with E-state index in [0.717, 1.165) is 6.42 Å². The third-order valence-corrected chi connectivity index (χ3v) is 2.21. The van der Waals surface area contributed by atoms with Gasteiger partial charge < -0.3 is 0 Å². The molecule has 0 amide bonds. The summed E-state index contributed by atoms with van der Waals surface area (Å²) in [6.45, 7) is 3.46. The van der Waals surface area contributed by atoms with Gasteiger partial charge in [-0.3, -0.25) is 9.59 Å². The van der Waals surface area contributed by atoms with Crippen LogP contribution in [0.5, 0.6) is 0 Å². The van der Waals surface area contributed by atoms with E-state index in [9.17, 15) is 9.59 Å². The molecule has 1 aliphatic rings. The second-order valence-electron chi connectivity index (χ2n) is 3.11. The van der Waals surface area contributed by atoms with Gasteiger partial charge in [-0.2, -0.15) is 0 Å². The lowest BCUT2D eigenvalue weighted by Crippen LogP contribution is -2.05. The number of ketones is 2. The summed E-state index contributed by atoms with van der Waals surface area (Å²) >= 11 is 0. The largest absolute Gasteiger partial charge is 0.300 e. The van der Waals surface area contributed by atoms with Gasteiger partial charge in [0.2, 0.25) is 0 Å². The van der Waals surface area contributed by atoms with Crippen LogP contribution in [0, 0.1) is 11.8 Å². The maximum Gasteiger partial charge on any atom is 0.136 e. The Morgan fingerprint density at radius 1 is 1.60 bits per heavy atom. The summed E-state index contributed by atoms with van der Waals surface area (Å²) in [6.07, 6.45) is 1.25. The molecule has 0 N–H and O–H groups in total. The summed E-state index contributed by atoms with van der Waals surface area (Å²) in [4.78, 5) is 21.7. The first-order chi connectivity index (χ1) is 4.61. The Morgan fingerprint density at radius 2 is 2.20 bits per heavy atom. The van der Waals surface area contributed by atoms with E-state index in [0.29, 0.717) is 6.42 Å². The van der Waals surface area contributed by atoms with Gasteiger partial charge in [-0.05, 0) is 13.3 Å². The summed E-state index contributed by atoms with van der Waals surface area (Å²) in [6, 6.07) is 0. The first-order valence-corrected chi connectivity index (χ1v) is 3.64. The number of rotatable bonds is 1. The molecule has 0 saturated heterocycles. The summed E-state index contributed by atoms with van der Waals surface area (Å²) in [5.41, 5.74) is 0. The van der Waals surface area contributed by atoms with Gasteiger partial charge in [-0.25, -0.2) is 0 Å². The molecule has 10 heavy (non-hydrogen) atoms. The van der Waals surface area contributed by atoms with Crippen LogP contribution in [0.4, 0.5) is 0 Å². The van der Waals surface area contributed by atoms with Crippen molar-refractivity contribution in [2.24, 2.45) is 11.8 Å². The molecule has 2 unspecified atom stereocenters. The van der Waals surface area contributed by atoms with Crippen molar-refractivity contribution < 1.29 is 9.59 Å². The molecule has 2 atom stereocenters. The first kappa shape index (κ1) is 7.45. The number of hydrogen-bond donors (Lipinski definition) is 0. The molecule has 0 aromatic rings. The van der Waals surface area contributed by atoms with E-state index >= 15 is 0 Å². The molecule has 0 aromatic carbocycles. The zero-order valence-electron chi connectivity index (χ0n) is 6.39. The molecule has 0 spiro atoms.